The number of carbonyl (C=O) groups excluding carboxylic acids is 1. The molecule has 0 saturated carbocycles. The van der Waals surface area contributed by atoms with Crippen molar-refractivity contribution in [1.29, 1.82) is 0 Å². The van der Waals surface area contributed by atoms with E-state index in [0.29, 0.717) is 13.0 Å². The van der Waals surface area contributed by atoms with E-state index in [9.17, 15) is 4.79 Å². The van der Waals surface area contributed by atoms with Crippen LogP contribution in [0.2, 0.25) is 0 Å². The molecule has 1 amide bonds. The molecule has 0 fully saturated rings. The van der Waals surface area contributed by atoms with Crippen molar-refractivity contribution in [3.8, 4) is 0 Å². The molecule has 0 spiro atoms. The Kier molecular flexibility index (Phi) is 5.31. The number of nitrogens with two attached hydrogens (primary N) is 1. The maximum absolute atomic E-state index is 12.4. The van der Waals surface area contributed by atoms with Gasteiger partial charge in [0.15, 0.2) is 0 Å². The second-order valence-electron chi connectivity index (χ2n) is 4.44. The van der Waals surface area contributed by atoms with Crippen molar-refractivity contribution in [3.05, 3.63) is 20.8 Å². The van der Waals surface area contributed by atoms with Crippen molar-refractivity contribution in [2.45, 2.75) is 26.8 Å². The van der Waals surface area contributed by atoms with Crippen LogP contribution in [0.15, 0.2) is 15.9 Å². The molecular formula is C12H17BrN2OS2. The van der Waals surface area contributed by atoms with Crippen LogP contribution in [0.3, 0.4) is 0 Å². The minimum Gasteiger partial charge on any atom is -0.392 e. The summed E-state index contributed by atoms with van der Waals surface area (Å²) in [6, 6.07) is 2.01. The van der Waals surface area contributed by atoms with Crippen molar-refractivity contribution >= 4 is 50.4 Å². The Bertz CT molecular complexity index is 461. The average Bonchev–Trinajstić information content (AvgIpc) is 2.72. The Labute approximate surface area is 125 Å². The zero-order valence-corrected chi connectivity index (χ0v) is 13.9. The number of nitrogens with zero attached hydrogens (tertiary/aromatic N) is 1. The summed E-state index contributed by atoms with van der Waals surface area (Å²) in [6.07, 6.45) is 0.611. The smallest absolute Gasteiger partial charge is 0.235 e. The summed E-state index contributed by atoms with van der Waals surface area (Å²) in [7, 11) is 1.78. The zero-order chi connectivity index (χ0) is 13.9. The van der Waals surface area contributed by atoms with E-state index in [0.717, 1.165) is 9.35 Å². The predicted octanol–water partition coefficient (Wildman–Crippen LogP) is 3.17. The lowest BCUT2D eigenvalue weighted by Crippen LogP contribution is -2.46. The van der Waals surface area contributed by atoms with Crippen molar-refractivity contribution in [2.75, 3.05) is 7.05 Å². The summed E-state index contributed by atoms with van der Waals surface area (Å²) < 4.78 is 1.04. The predicted molar refractivity (Wildman–Crippen MR) is 83.7 cm³/mol. The normalized spacial score (nSPS) is 14.0. The van der Waals surface area contributed by atoms with Crippen molar-refractivity contribution in [1.82, 2.24) is 4.90 Å². The summed E-state index contributed by atoms with van der Waals surface area (Å²) >= 11 is 10.0. The molecular weight excluding hydrogens is 332 g/mol. The van der Waals surface area contributed by atoms with E-state index >= 15 is 0 Å². The third-order valence-electron chi connectivity index (χ3n) is 3.08. The molecule has 0 aliphatic heterocycles. The highest BCUT2D eigenvalue weighted by molar-refractivity contribution is 9.10. The van der Waals surface area contributed by atoms with Gasteiger partial charge in [0.25, 0.3) is 0 Å². The van der Waals surface area contributed by atoms with Gasteiger partial charge in [0.2, 0.25) is 5.91 Å². The lowest BCUT2D eigenvalue weighted by molar-refractivity contribution is -0.136. The number of thiocarbonyl (C=S) groups is 1. The first kappa shape index (κ1) is 15.6. The SMILES string of the molecule is CCC(C)(C(=O)N(C)Cc1cc(Br)cs1)C(N)=S. The van der Waals surface area contributed by atoms with Gasteiger partial charge in [-0.2, -0.15) is 0 Å². The molecule has 1 atom stereocenters. The van der Waals surface area contributed by atoms with E-state index in [1.165, 1.54) is 0 Å². The summed E-state index contributed by atoms with van der Waals surface area (Å²) in [6.45, 7) is 4.30. The zero-order valence-electron chi connectivity index (χ0n) is 10.7. The summed E-state index contributed by atoms with van der Waals surface area (Å²) in [4.78, 5) is 15.5. The third kappa shape index (κ3) is 3.30. The van der Waals surface area contributed by atoms with Crippen LogP contribution in [-0.2, 0) is 11.3 Å². The number of amides is 1. The molecule has 1 rings (SSSR count). The summed E-state index contributed by atoms with van der Waals surface area (Å²) in [5.74, 6) is -0.0259. The molecule has 0 saturated heterocycles. The van der Waals surface area contributed by atoms with E-state index in [-0.39, 0.29) is 10.9 Å². The second kappa shape index (κ2) is 6.12. The fourth-order valence-corrected chi connectivity index (χ4v) is 3.33. The number of hydrogen-bond donors (Lipinski definition) is 1. The Morgan fingerprint density at radius 2 is 2.28 bits per heavy atom. The first-order chi connectivity index (χ1) is 8.31. The van der Waals surface area contributed by atoms with Crippen LogP contribution in [0.4, 0.5) is 0 Å². The van der Waals surface area contributed by atoms with Gasteiger partial charge in [0.1, 0.15) is 0 Å². The molecule has 0 aliphatic rings. The Morgan fingerprint density at radius 3 is 2.67 bits per heavy atom. The van der Waals surface area contributed by atoms with Crippen molar-refractivity contribution < 1.29 is 4.79 Å². The van der Waals surface area contributed by atoms with Crippen LogP contribution in [0.25, 0.3) is 0 Å². The molecule has 0 aliphatic carbocycles. The largest absolute Gasteiger partial charge is 0.392 e. The number of halogens is 1. The second-order valence-corrected chi connectivity index (χ2v) is 6.79. The van der Waals surface area contributed by atoms with Gasteiger partial charge in [0, 0.05) is 21.8 Å². The van der Waals surface area contributed by atoms with Gasteiger partial charge in [0.05, 0.1) is 16.9 Å². The lowest BCUT2D eigenvalue weighted by atomic mass is 9.86. The van der Waals surface area contributed by atoms with Crippen LogP contribution >= 0.6 is 39.5 Å². The quantitative estimate of drug-likeness (QED) is 0.831. The molecule has 3 nitrogen and oxygen atoms in total. The summed E-state index contributed by atoms with van der Waals surface area (Å²) in [5.41, 5.74) is 4.95. The molecule has 0 aromatic carbocycles. The maximum atomic E-state index is 12.4. The highest BCUT2D eigenvalue weighted by atomic mass is 79.9. The van der Waals surface area contributed by atoms with Gasteiger partial charge in [-0.25, -0.2) is 0 Å². The highest BCUT2D eigenvalue weighted by Crippen LogP contribution is 2.26. The molecule has 1 aromatic heterocycles. The van der Waals surface area contributed by atoms with Gasteiger partial charge in [-0.15, -0.1) is 11.3 Å². The minimum absolute atomic E-state index is 0.0259. The van der Waals surface area contributed by atoms with Gasteiger partial charge in [-0.1, -0.05) is 19.1 Å². The van der Waals surface area contributed by atoms with E-state index in [1.807, 2.05) is 18.4 Å². The fraction of sp³-hybridized carbons (Fsp3) is 0.500. The highest BCUT2D eigenvalue weighted by Gasteiger charge is 2.36. The molecule has 1 aromatic rings. The van der Waals surface area contributed by atoms with Crippen molar-refractivity contribution in [2.24, 2.45) is 11.1 Å². The first-order valence-corrected chi connectivity index (χ1v) is 7.67. The maximum Gasteiger partial charge on any atom is 0.235 e. The van der Waals surface area contributed by atoms with Gasteiger partial charge >= 0.3 is 0 Å². The Hall–Kier alpha value is -0.460. The molecule has 0 radical (unpaired) electrons. The molecule has 6 heteroatoms. The molecule has 0 bridgehead atoms. The Morgan fingerprint density at radius 1 is 1.67 bits per heavy atom. The first-order valence-electron chi connectivity index (χ1n) is 5.59. The van der Waals surface area contributed by atoms with Gasteiger partial charge in [-0.3, -0.25) is 4.79 Å². The average molecular weight is 349 g/mol. The minimum atomic E-state index is -0.751. The molecule has 2 N–H and O–H groups in total. The molecule has 18 heavy (non-hydrogen) atoms. The number of hydrogen-bond acceptors (Lipinski definition) is 3. The number of carbonyl (C=O) groups is 1. The summed E-state index contributed by atoms with van der Waals surface area (Å²) in [5, 5.41) is 2.00. The lowest BCUT2D eigenvalue weighted by Gasteiger charge is -2.30. The van der Waals surface area contributed by atoms with Gasteiger partial charge in [-0.05, 0) is 35.3 Å². The van der Waals surface area contributed by atoms with Crippen molar-refractivity contribution in [3.63, 3.8) is 0 Å². The monoisotopic (exact) mass is 348 g/mol. The standard InChI is InChI=1S/C12H17BrN2OS2/c1-4-12(2,10(14)17)11(16)15(3)6-9-5-8(13)7-18-9/h5,7H,4,6H2,1-3H3,(H2,14,17). The number of rotatable bonds is 5. The van der Waals surface area contributed by atoms with Crippen LogP contribution in [0, 0.1) is 5.41 Å². The molecule has 1 unspecified atom stereocenters. The molecule has 1 heterocycles. The van der Waals surface area contributed by atoms with E-state index in [2.05, 4.69) is 15.9 Å². The number of thiophene rings is 1. The van der Waals surface area contributed by atoms with Crippen LogP contribution in [0.1, 0.15) is 25.1 Å². The van der Waals surface area contributed by atoms with E-state index in [4.69, 9.17) is 18.0 Å². The van der Waals surface area contributed by atoms with Crippen LogP contribution in [-0.4, -0.2) is 22.8 Å². The third-order valence-corrected chi connectivity index (χ3v) is 5.22. The fourth-order valence-electron chi connectivity index (χ4n) is 1.59. The van der Waals surface area contributed by atoms with Crippen LogP contribution in [0.5, 0.6) is 0 Å². The Balaban J connectivity index is 2.80. The van der Waals surface area contributed by atoms with Crippen LogP contribution < -0.4 is 5.73 Å². The van der Waals surface area contributed by atoms with E-state index in [1.54, 1.807) is 30.2 Å². The molecule has 100 valence electrons. The van der Waals surface area contributed by atoms with E-state index < -0.39 is 5.41 Å². The topological polar surface area (TPSA) is 46.3 Å². The van der Waals surface area contributed by atoms with Gasteiger partial charge < -0.3 is 10.6 Å².